The van der Waals surface area contributed by atoms with E-state index in [9.17, 15) is 9.59 Å². The second-order valence-electron chi connectivity index (χ2n) is 6.98. The van der Waals surface area contributed by atoms with E-state index in [0.717, 1.165) is 31.3 Å². The maximum atomic E-state index is 12.6. The Kier molecular flexibility index (Phi) is 3.64. The van der Waals surface area contributed by atoms with Gasteiger partial charge in [0, 0.05) is 43.2 Å². The summed E-state index contributed by atoms with van der Waals surface area (Å²) in [7, 11) is 0. The van der Waals surface area contributed by atoms with Crippen molar-refractivity contribution in [3.8, 4) is 0 Å². The summed E-state index contributed by atoms with van der Waals surface area (Å²) in [6.07, 6.45) is 3.86. The fraction of sp³-hybridized carbons (Fsp3) is 0.500. The van der Waals surface area contributed by atoms with Crippen LogP contribution in [0.3, 0.4) is 0 Å². The van der Waals surface area contributed by atoms with E-state index in [2.05, 4.69) is 22.1 Å². The number of ketones is 1. The number of rotatable bonds is 3. The summed E-state index contributed by atoms with van der Waals surface area (Å²) in [6, 6.07) is 4.06. The first-order valence-corrected chi connectivity index (χ1v) is 8.46. The molecule has 6 nitrogen and oxygen atoms in total. The fourth-order valence-corrected chi connectivity index (χ4v) is 3.93. The summed E-state index contributed by atoms with van der Waals surface area (Å²) in [5, 5.41) is 3.86. The van der Waals surface area contributed by atoms with Crippen LogP contribution in [0.4, 0.5) is 0 Å². The normalized spacial score (nSPS) is 28.9. The van der Waals surface area contributed by atoms with Gasteiger partial charge in [0.25, 0.3) is 5.91 Å². The highest BCUT2D eigenvalue weighted by Gasteiger charge is 2.38. The topological polar surface area (TPSA) is 75.4 Å². The predicted octanol–water partition coefficient (Wildman–Crippen LogP) is 2.24. The molecule has 0 aromatic carbocycles. The molecule has 0 spiro atoms. The van der Waals surface area contributed by atoms with Gasteiger partial charge in [0.2, 0.25) is 0 Å². The van der Waals surface area contributed by atoms with Gasteiger partial charge < -0.3 is 9.73 Å². The molecule has 2 aromatic heterocycles. The lowest BCUT2D eigenvalue weighted by atomic mass is 9.80. The van der Waals surface area contributed by atoms with E-state index in [1.807, 2.05) is 0 Å². The van der Waals surface area contributed by atoms with Gasteiger partial charge in [-0.2, -0.15) is 0 Å². The number of piperidine rings is 3. The van der Waals surface area contributed by atoms with Gasteiger partial charge in [0.05, 0.1) is 0 Å². The summed E-state index contributed by atoms with van der Waals surface area (Å²) in [5.74, 6) is 0.518. The molecular formula is C18H21N3O3. The van der Waals surface area contributed by atoms with Gasteiger partial charge in [-0.3, -0.25) is 19.5 Å². The van der Waals surface area contributed by atoms with Crippen molar-refractivity contribution in [2.24, 2.45) is 5.92 Å². The summed E-state index contributed by atoms with van der Waals surface area (Å²) in [4.78, 5) is 30.6. The van der Waals surface area contributed by atoms with Crippen molar-refractivity contribution in [2.45, 2.75) is 38.8 Å². The lowest BCUT2D eigenvalue weighted by molar-refractivity contribution is 0.0273. The average molecular weight is 327 g/mol. The fourth-order valence-electron chi connectivity index (χ4n) is 3.93. The molecular weight excluding hydrogens is 306 g/mol. The minimum Gasteiger partial charge on any atom is -0.453 e. The van der Waals surface area contributed by atoms with Crippen LogP contribution in [0.5, 0.6) is 0 Å². The maximum absolute atomic E-state index is 12.6. The summed E-state index contributed by atoms with van der Waals surface area (Å²) in [5.41, 5.74) is 0.847. The van der Waals surface area contributed by atoms with E-state index in [4.69, 9.17) is 4.42 Å². The van der Waals surface area contributed by atoms with E-state index < -0.39 is 0 Å². The van der Waals surface area contributed by atoms with Crippen LogP contribution in [0.25, 0.3) is 11.0 Å². The van der Waals surface area contributed by atoms with Gasteiger partial charge >= 0.3 is 0 Å². The lowest BCUT2D eigenvalue weighted by Crippen LogP contribution is -2.60. The molecule has 1 amide bonds. The quantitative estimate of drug-likeness (QED) is 0.875. The molecule has 4 atom stereocenters. The molecule has 0 radical (unpaired) electrons. The van der Waals surface area contributed by atoms with Gasteiger partial charge in [-0.25, -0.2) is 0 Å². The lowest BCUT2D eigenvalue weighted by Gasteiger charge is -2.48. The molecule has 0 aliphatic carbocycles. The van der Waals surface area contributed by atoms with Crippen molar-refractivity contribution in [3.05, 3.63) is 29.8 Å². The van der Waals surface area contributed by atoms with Crippen LogP contribution in [0, 0.1) is 5.92 Å². The Labute approximate surface area is 140 Å². The number of fused-ring (bicyclic) bond motifs is 4. The van der Waals surface area contributed by atoms with Gasteiger partial charge in [0.15, 0.2) is 11.5 Å². The minimum atomic E-state index is -0.177. The second kappa shape index (κ2) is 5.70. The molecule has 4 unspecified atom stereocenters. The van der Waals surface area contributed by atoms with E-state index in [-0.39, 0.29) is 23.5 Å². The summed E-state index contributed by atoms with van der Waals surface area (Å²) in [6.45, 7) is 5.74. The molecule has 2 bridgehead atoms. The minimum absolute atomic E-state index is 0.140. The predicted molar refractivity (Wildman–Crippen MR) is 89.0 cm³/mol. The van der Waals surface area contributed by atoms with Crippen molar-refractivity contribution in [1.29, 1.82) is 0 Å². The summed E-state index contributed by atoms with van der Waals surface area (Å²) < 4.78 is 5.50. The highest BCUT2D eigenvalue weighted by molar-refractivity contribution is 5.98. The van der Waals surface area contributed by atoms with E-state index in [0.29, 0.717) is 23.2 Å². The van der Waals surface area contributed by atoms with Gasteiger partial charge in [0.1, 0.15) is 11.3 Å². The Balaban J connectivity index is 1.52. The zero-order chi connectivity index (χ0) is 16.8. The molecule has 3 aliphatic heterocycles. The number of carbonyl (C=O) groups excluding carboxylic acids is 2. The molecule has 0 saturated carbocycles. The third kappa shape index (κ3) is 2.60. The van der Waals surface area contributed by atoms with Crippen molar-refractivity contribution in [1.82, 2.24) is 15.2 Å². The third-order valence-electron chi connectivity index (χ3n) is 5.35. The number of carbonyl (C=O) groups is 2. The van der Waals surface area contributed by atoms with Crippen molar-refractivity contribution in [2.75, 3.05) is 13.1 Å². The number of nitrogens with one attached hydrogen (secondary N) is 1. The number of nitrogens with zero attached hydrogens (tertiary/aromatic N) is 2. The van der Waals surface area contributed by atoms with Crippen LogP contribution >= 0.6 is 0 Å². The first-order chi connectivity index (χ1) is 11.5. The average Bonchev–Trinajstić information content (AvgIpc) is 2.99. The molecule has 1 N–H and O–H groups in total. The molecule has 6 heteroatoms. The number of amides is 1. The van der Waals surface area contributed by atoms with E-state index in [1.54, 1.807) is 18.3 Å². The SMILES string of the molecule is CC(=O)c1cc2cnc(C(=O)NC3CN4CCC3CC4C)cc2o1. The summed E-state index contributed by atoms with van der Waals surface area (Å²) >= 11 is 0. The zero-order valence-corrected chi connectivity index (χ0v) is 13.9. The second-order valence-corrected chi connectivity index (χ2v) is 6.98. The van der Waals surface area contributed by atoms with Gasteiger partial charge in [-0.05, 0) is 38.3 Å². The Morgan fingerprint density at radius 1 is 1.38 bits per heavy atom. The Morgan fingerprint density at radius 3 is 2.88 bits per heavy atom. The smallest absolute Gasteiger partial charge is 0.270 e. The maximum Gasteiger partial charge on any atom is 0.270 e. The molecule has 5 rings (SSSR count). The molecule has 5 heterocycles. The van der Waals surface area contributed by atoms with Crippen molar-refractivity contribution in [3.63, 3.8) is 0 Å². The van der Waals surface area contributed by atoms with Crippen LogP contribution < -0.4 is 5.32 Å². The first kappa shape index (κ1) is 15.3. The number of hydrogen-bond acceptors (Lipinski definition) is 5. The number of hydrogen-bond donors (Lipinski definition) is 1. The van der Waals surface area contributed by atoms with Crippen LogP contribution in [0.15, 0.2) is 22.7 Å². The van der Waals surface area contributed by atoms with E-state index in [1.165, 1.54) is 6.92 Å². The van der Waals surface area contributed by atoms with E-state index >= 15 is 0 Å². The number of aromatic nitrogens is 1. The van der Waals surface area contributed by atoms with Crippen molar-refractivity contribution >= 4 is 22.7 Å². The standard InChI is InChI=1S/C18H21N3O3/c1-10-5-12-3-4-21(10)9-15(12)20-18(23)14-7-17-13(8-19-14)6-16(24-17)11(2)22/h6-8,10,12,15H,3-5,9H2,1-2H3,(H,20,23). The molecule has 126 valence electrons. The highest BCUT2D eigenvalue weighted by atomic mass is 16.3. The molecule has 2 aromatic rings. The van der Waals surface area contributed by atoms with Crippen LogP contribution in [0.1, 0.15) is 47.7 Å². The molecule has 3 saturated heterocycles. The largest absolute Gasteiger partial charge is 0.453 e. The first-order valence-electron chi connectivity index (χ1n) is 8.46. The molecule has 3 aliphatic rings. The van der Waals surface area contributed by atoms with Crippen molar-refractivity contribution < 1.29 is 14.0 Å². The third-order valence-corrected chi connectivity index (χ3v) is 5.35. The zero-order valence-electron chi connectivity index (χ0n) is 13.9. The Morgan fingerprint density at radius 2 is 2.21 bits per heavy atom. The number of furan rings is 1. The van der Waals surface area contributed by atoms with Crippen LogP contribution in [-0.2, 0) is 0 Å². The van der Waals surface area contributed by atoms with Crippen LogP contribution in [0.2, 0.25) is 0 Å². The molecule has 3 fully saturated rings. The monoisotopic (exact) mass is 327 g/mol. The van der Waals surface area contributed by atoms with Gasteiger partial charge in [-0.1, -0.05) is 0 Å². The van der Waals surface area contributed by atoms with Crippen LogP contribution in [-0.4, -0.2) is 46.7 Å². The Hall–Kier alpha value is -2.21. The number of pyridine rings is 1. The van der Waals surface area contributed by atoms with Gasteiger partial charge in [-0.15, -0.1) is 0 Å². The number of Topliss-reactive ketones (excluding diaryl/α,β-unsaturated/α-hetero) is 1. The highest BCUT2D eigenvalue weighted by Crippen LogP contribution is 2.32. The molecule has 24 heavy (non-hydrogen) atoms. The Bertz CT molecular complexity index is 813.